The molecule has 4 aromatic carbocycles. The van der Waals surface area contributed by atoms with Gasteiger partial charge in [-0.15, -0.1) is 0 Å². The van der Waals surface area contributed by atoms with Crippen molar-refractivity contribution >= 4 is 32.1 Å². The predicted molar refractivity (Wildman–Crippen MR) is 113 cm³/mol. The van der Waals surface area contributed by atoms with Crippen LogP contribution in [0, 0.1) is 0 Å². The summed E-state index contributed by atoms with van der Waals surface area (Å²) in [5.74, 6) is 0. The van der Waals surface area contributed by atoms with Gasteiger partial charge >= 0.3 is 157 Å². The normalized spacial score (nSPS) is 11.1. The van der Waals surface area contributed by atoms with E-state index in [1.165, 1.54) is 13.1 Å². The summed E-state index contributed by atoms with van der Waals surface area (Å²) < 4.78 is 9.45. The number of rotatable bonds is 4. The fourth-order valence-corrected chi connectivity index (χ4v) is 10.6. The molecule has 0 saturated heterocycles. The van der Waals surface area contributed by atoms with Gasteiger partial charge in [-0.25, -0.2) is 0 Å². The molecular formula is C24H20AsN. The first kappa shape index (κ1) is 16.7. The molecule has 0 heterocycles. The molecule has 26 heavy (non-hydrogen) atoms. The van der Waals surface area contributed by atoms with Crippen LogP contribution < -0.4 is 13.1 Å². The number of nitrogens with zero attached hydrogens (tertiary/aromatic N) is 1. The van der Waals surface area contributed by atoms with E-state index in [0.29, 0.717) is 0 Å². The van der Waals surface area contributed by atoms with E-state index in [-0.39, 0.29) is 0 Å². The molecule has 0 fully saturated rings. The minimum atomic E-state index is -3.00. The molecule has 0 atom stereocenters. The second-order valence-electron chi connectivity index (χ2n) is 6.08. The van der Waals surface area contributed by atoms with Gasteiger partial charge in [0.1, 0.15) is 0 Å². The summed E-state index contributed by atoms with van der Waals surface area (Å²) in [6.07, 6.45) is 0. The van der Waals surface area contributed by atoms with E-state index >= 15 is 0 Å². The minimum absolute atomic E-state index is 1.04. The summed E-state index contributed by atoms with van der Waals surface area (Å²) in [5, 5.41) is 0. The van der Waals surface area contributed by atoms with Crippen molar-refractivity contribution in [2.45, 2.75) is 0 Å². The molecule has 0 aromatic heterocycles. The van der Waals surface area contributed by atoms with Gasteiger partial charge in [0.05, 0.1) is 0 Å². The molecule has 4 rings (SSSR count). The average Bonchev–Trinajstić information content (AvgIpc) is 2.75. The molecule has 0 aliphatic heterocycles. The summed E-state index contributed by atoms with van der Waals surface area (Å²) in [6.45, 7) is 0. The van der Waals surface area contributed by atoms with Gasteiger partial charge in [0.2, 0.25) is 0 Å². The Labute approximate surface area is 157 Å². The summed E-state index contributed by atoms with van der Waals surface area (Å²) in [7, 11) is 0. The van der Waals surface area contributed by atoms with E-state index in [1.807, 2.05) is 6.07 Å². The van der Waals surface area contributed by atoms with Crippen molar-refractivity contribution in [1.82, 2.24) is 0 Å². The number of hydrogen-bond acceptors (Lipinski definition) is 1. The molecule has 0 amide bonds. The first-order valence-electron chi connectivity index (χ1n) is 8.74. The van der Waals surface area contributed by atoms with Crippen molar-refractivity contribution in [1.29, 1.82) is 0 Å². The molecule has 126 valence electrons. The molecule has 2 heteroatoms. The van der Waals surface area contributed by atoms with Crippen LogP contribution in [-0.4, -0.2) is 13.4 Å². The summed E-state index contributed by atoms with van der Waals surface area (Å²) in [4.78, 5) is 0. The van der Waals surface area contributed by atoms with Crippen molar-refractivity contribution in [3.05, 3.63) is 121 Å². The van der Waals surface area contributed by atoms with E-state index < -0.39 is 13.4 Å². The Hall–Kier alpha value is -2.76. The maximum absolute atomic E-state index is 5.47. The first-order chi connectivity index (χ1) is 12.9. The van der Waals surface area contributed by atoms with Gasteiger partial charge in [0.15, 0.2) is 0 Å². The van der Waals surface area contributed by atoms with Crippen LogP contribution in [0.5, 0.6) is 0 Å². The van der Waals surface area contributed by atoms with Crippen LogP contribution in [0.4, 0.5) is 5.69 Å². The van der Waals surface area contributed by atoms with Crippen molar-refractivity contribution < 1.29 is 0 Å². The van der Waals surface area contributed by atoms with Crippen LogP contribution in [-0.2, 0) is 0 Å². The van der Waals surface area contributed by atoms with Gasteiger partial charge in [0, 0.05) is 0 Å². The summed E-state index contributed by atoms with van der Waals surface area (Å²) in [6, 6.07) is 42.7. The first-order valence-corrected chi connectivity index (χ1v) is 12.4. The number of benzene rings is 4. The second-order valence-corrected chi connectivity index (χ2v) is 12.4. The Balaban J connectivity index is 2.13. The standard InChI is InChI=1S/C24H20AsN/c1-5-13-21(14-6-1)25(22-15-7-2-8-16-22,23-17-9-3-10-18-23)26-24-19-11-4-12-20-24/h1-20H. The Bertz CT molecular complexity index is 907. The molecule has 0 saturated carbocycles. The van der Waals surface area contributed by atoms with Gasteiger partial charge in [-0.2, -0.15) is 0 Å². The zero-order valence-electron chi connectivity index (χ0n) is 14.4. The van der Waals surface area contributed by atoms with E-state index in [1.54, 1.807) is 0 Å². The zero-order chi connectivity index (χ0) is 17.7. The van der Waals surface area contributed by atoms with Gasteiger partial charge in [-0.3, -0.25) is 0 Å². The van der Waals surface area contributed by atoms with Gasteiger partial charge in [0.25, 0.3) is 0 Å². The van der Waals surface area contributed by atoms with Gasteiger partial charge < -0.3 is 0 Å². The monoisotopic (exact) mass is 397 g/mol. The van der Waals surface area contributed by atoms with Crippen LogP contribution in [0.25, 0.3) is 0 Å². The second kappa shape index (κ2) is 7.64. The van der Waals surface area contributed by atoms with Crippen molar-refractivity contribution in [2.24, 2.45) is 3.86 Å². The van der Waals surface area contributed by atoms with Gasteiger partial charge in [-0.1, -0.05) is 0 Å². The third-order valence-corrected chi connectivity index (χ3v) is 12.1. The molecule has 0 unspecified atom stereocenters. The summed E-state index contributed by atoms with van der Waals surface area (Å²) >= 11 is -3.00. The molecule has 0 spiro atoms. The average molecular weight is 397 g/mol. The predicted octanol–water partition coefficient (Wildman–Crippen LogP) is 4.25. The van der Waals surface area contributed by atoms with E-state index in [0.717, 1.165) is 5.69 Å². The van der Waals surface area contributed by atoms with E-state index in [2.05, 4.69) is 115 Å². The molecule has 0 bridgehead atoms. The van der Waals surface area contributed by atoms with Crippen molar-refractivity contribution in [3.63, 3.8) is 0 Å². The van der Waals surface area contributed by atoms with Crippen LogP contribution >= 0.6 is 0 Å². The van der Waals surface area contributed by atoms with Crippen LogP contribution in [0.3, 0.4) is 0 Å². The molecule has 4 aromatic rings. The summed E-state index contributed by atoms with van der Waals surface area (Å²) in [5.41, 5.74) is 1.04. The maximum atomic E-state index is 5.47. The van der Waals surface area contributed by atoms with Crippen LogP contribution in [0.2, 0.25) is 0 Å². The molecule has 0 N–H and O–H groups in total. The van der Waals surface area contributed by atoms with Crippen LogP contribution in [0.1, 0.15) is 0 Å². The fraction of sp³-hybridized carbons (Fsp3) is 0. The third kappa shape index (κ3) is 3.19. The van der Waals surface area contributed by atoms with Gasteiger partial charge in [-0.05, 0) is 0 Å². The van der Waals surface area contributed by atoms with E-state index in [4.69, 9.17) is 3.86 Å². The Morgan fingerprint density at radius 3 is 1.04 bits per heavy atom. The fourth-order valence-electron chi connectivity index (χ4n) is 3.22. The van der Waals surface area contributed by atoms with Crippen molar-refractivity contribution in [3.8, 4) is 0 Å². The zero-order valence-corrected chi connectivity index (χ0v) is 16.3. The quantitative estimate of drug-likeness (QED) is 0.457. The Morgan fingerprint density at radius 1 is 0.385 bits per heavy atom. The van der Waals surface area contributed by atoms with Crippen LogP contribution in [0.15, 0.2) is 125 Å². The third-order valence-electron chi connectivity index (χ3n) is 4.41. The Morgan fingerprint density at radius 2 is 0.692 bits per heavy atom. The van der Waals surface area contributed by atoms with Crippen molar-refractivity contribution in [2.75, 3.05) is 0 Å². The Kier molecular flexibility index (Phi) is 4.90. The SMILES string of the molecule is c1ccc(N=[As](c2ccccc2)(c2ccccc2)c2ccccc2)cc1. The topological polar surface area (TPSA) is 12.4 Å². The number of hydrogen-bond donors (Lipinski definition) is 0. The molecule has 1 nitrogen and oxygen atoms in total. The molecule has 0 aliphatic rings. The van der Waals surface area contributed by atoms with E-state index in [9.17, 15) is 0 Å². The molecule has 0 aliphatic carbocycles. The molecular weight excluding hydrogens is 377 g/mol. The molecule has 0 radical (unpaired) electrons.